The number of carbonyl (C=O) groups is 4. The Bertz CT molecular complexity index is 1520. The summed E-state index contributed by atoms with van der Waals surface area (Å²) in [4.78, 5) is 54.3. The topological polar surface area (TPSA) is 169 Å². The van der Waals surface area contributed by atoms with Crippen LogP contribution < -0.4 is 0 Å². The van der Waals surface area contributed by atoms with Crippen molar-refractivity contribution in [2.75, 3.05) is 27.9 Å². The molecule has 3 N–H and O–H groups in total. The summed E-state index contributed by atoms with van der Waals surface area (Å²) in [5, 5.41) is 32.5. The molecule has 2 aliphatic heterocycles. The van der Waals surface area contributed by atoms with E-state index in [1.54, 1.807) is 25.1 Å². The molecule has 10 atom stereocenters. The van der Waals surface area contributed by atoms with Gasteiger partial charge in [0.2, 0.25) is 5.79 Å². The molecular formula is C43H65NO11. The zero-order valence-corrected chi connectivity index (χ0v) is 34.3. The highest BCUT2D eigenvalue weighted by Crippen LogP contribution is 2.39. The number of piperidine rings is 1. The molecule has 2 fully saturated rings. The summed E-state index contributed by atoms with van der Waals surface area (Å²) in [6.45, 7) is 11.7. The third-order valence-corrected chi connectivity index (χ3v) is 11.3. The molecule has 0 radical (unpaired) electrons. The van der Waals surface area contributed by atoms with Crippen molar-refractivity contribution in [3.63, 3.8) is 0 Å². The normalized spacial score (nSPS) is 26.4. The smallest absolute Gasteiger partial charge is 0.328 e. The number of amides is 1. The first kappa shape index (κ1) is 46.0. The summed E-state index contributed by atoms with van der Waals surface area (Å²) < 4.78 is 22.7. The summed E-state index contributed by atoms with van der Waals surface area (Å²) in [6.07, 6.45) is 5.36. The van der Waals surface area contributed by atoms with Crippen LogP contribution in [0.4, 0.5) is 0 Å². The third-order valence-electron chi connectivity index (χ3n) is 11.3. The van der Waals surface area contributed by atoms with E-state index in [-0.39, 0.29) is 48.7 Å². The number of hydrogen-bond acceptors (Lipinski definition) is 11. The molecule has 3 rings (SSSR count). The Morgan fingerprint density at radius 1 is 1.05 bits per heavy atom. The molecule has 2 saturated heterocycles. The van der Waals surface area contributed by atoms with Gasteiger partial charge in [0.25, 0.3) is 11.7 Å². The van der Waals surface area contributed by atoms with E-state index in [2.05, 4.69) is 0 Å². The molecule has 12 nitrogen and oxygen atoms in total. The number of rotatable bonds is 19. The number of hydrogen-bond donors (Lipinski definition) is 3. The van der Waals surface area contributed by atoms with Gasteiger partial charge in [0.1, 0.15) is 23.7 Å². The van der Waals surface area contributed by atoms with Crippen molar-refractivity contribution in [2.45, 2.75) is 136 Å². The summed E-state index contributed by atoms with van der Waals surface area (Å²) in [5.41, 5.74) is 2.92. The van der Waals surface area contributed by atoms with E-state index in [0.29, 0.717) is 44.9 Å². The maximum absolute atomic E-state index is 13.8. The molecule has 0 saturated carbocycles. The average molecular weight is 772 g/mol. The number of ether oxygens (including phenoxy) is 4. The van der Waals surface area contributed by atoms with Crippen molar-refractivity contribution < 1.29 is 53.4 Å². The molecular weight excluding hydrogens is 706 g/mol. The largest absolute Gasteiger partial charge is 0.508 e. The lowest BCUT2D eigenvalue weighted by Gasteiger charge is -2.47. The van der Waals surface area contributed by atoms with Gasteiger partial charge in [0, 0.05) is 39.0 Å². The van der Waals surface area contributed by atoms with Crippen LogP contribution in [0.25, 0.3) is 6.08 Å². The van der Waals surface area contributed by atoms with Crippen molar-refractivity contribution in [1.29, 1.82) is 0 Å². The highest BCUT2D eigenvalue weighted by Gasteiger charge is 2.56. The molecule has 0 aromatic heterocycles. The number of benzene rings is 1. The number of esters is 1. The lowest BCUT2D eigenvalue weighted by Crippen LogP contribution is -2.64. The van der Waals surface area contributed by atoms with Crippen LogP contribution in [0.1, 0.15) is 105 Å². The minimum atomic E-state index is -2.46. The summed E-state index contributed by atoms with van der Waals surface area (Å²) in [7, 11) is 4.28. The van der Waals surface area contributed by atoms with Crippen LogP contribution in [0.2, 0.25) is 0 Å². The molecule has 2 heterocycles. The van der Waals surface area contributed by atoms with Gasteiger partial charge in [-0.25, -0.2) is 4.79 Å². The zero-order chi connectivity index (χ0) is 41.0. The fraction of sp³-hybridized carbons (Fsp3) is 0.674. The predicted octanol–water partition coefficient (Wildman–Crippen LogP) is 5.80. The first-order valence-corrected chi connectivity index (χ1v) is 19.7. The standard InChI is InChI=1S/C43H65NO11/c1-10-32(36(47)25-35(46)29(5)19-28(4)20-31-14-13-15-33(45)24-31)21-26(2)18-27(3)22-37(52-7)39-38(53-8)23-30(6)43(51,55-39)40(48)41(49)44-17-12-11-16-34(44)42(50)54-9/h13-15,20-21,24,27,29-30,32,34-35,37-39,45-46,51H,10-12,16-19,22-23,25H2,1-9H3/b26-21+,28-20+/t27-,29-,30+,32+,34-,35-,37-,38?,39+,43?/m0/s1. The number of phenolic OH excluding ortho intramolecular Hbond substituents is 1. The first-order valence-electron chi connectivity index (χ1n) is 19.7. The highest BCUT2D eigenvalue weighted by atomic mass is 16.7. The average Bonchev–Trinajstić information content (AvgIpc) is 3.15. The van der Waals surface area contributed by atoms with Crippen LogP contribution in [0.5, 0.6) is 5.75 Å². The Labute approximate surface area is 327 Å². The number of ketones is 2. The lowest BCUT2D eigenvalue weighted by atomic mass is 9.82. The van der Waals surface area contributed by atoms with Crippen molar-refractivity contribution in [3.8, 4) is 5.75 Å². The molecule has 1 aromatic carbocycles. The van der Waals surface area contributed by atoms with Crippen LogP contribution in [-0.2, 0) is 38.1 Å². The summed E-state index contributed by atoms with van der Waals surface area (Å²) in [6, 6.07) is 6.07. The van der Waals surface area contributed by atoms with Crippen molar-refractivity contribution >= 4 is 29.5 Å². The molecule has 0 spiro atoms. The number of methoxy groups -OCH3 is 3. The van der Waals surface area contributed by atoms with E-state index in [1.807, 2.05) is 52.8 Å². The Morgan fingerprint density at radius 2 is 1.76 bits per heavy atom. The van der Waals surface area contributed by atoms with E-state index in [0.717, 1.165) is 16.7 Å². The maximum Gasteiger partial charge on any atom is 0.328 e. The van der Waals surface area contributed by atoms with Crippen LogP contribution in [0, 0.1) is 23.7 Å². The van der Waals surface area contributed by atoms with Crippen molar-refractivity contribution in [3.05, 3.63) is 47.1 Å². The SMILES string of the molecule is CC[C@H](/C=C(\C)C[C@H](C)C[C@H](OC)[C@H]1OC(O)(C(=O)C(=O)N2CCCC[C@H]2C(=O)OC)[C@H](C)CC1OC)C(=O)C[C@H](O)[C@@H](C)C/C(C)=C/c1cccc(O)c1. The summed E-state index contributed by atoms with van der Waals surface area (Å²) in [5.74, 6) is -6.26. The van der Waals surface area contributed by atoms with Gasteiger partial charge >= 0.3 is 5.97 Å². The number of allylic oxidation sites excluding steroid dienone is 3. The van der Waals surface area contributed by atoms with Gasteiger partial charge in [-0.1, -0.05) is 63.1 Å². The zero-order valence-electron chi connectivity index (χ0n) is 34.3. The number of aliphatic hydroxyl groups excluding tert-OH is 1. The number of aromatic hydroxyl groups is 1. The maximum atomic E-state index is 13.8. The van der Waals surface area contributed by atoms with E-state index < -0.39 is 59.8 Å². The van der Waals surface area contributed by atoms with Crippen molar-refractivity contribution in [2.24, 2.45) is 23.7 Å². The molecule has 1 aromatic rings. The van der Waals surface area contributed by atoms with Gasteiger partial charge in [-0.3, -0.25) is 14.4 Å². The Morgan fingerprint density at radius 3 is 2.38 bits per heavy atom. The van der Waals surface area contributed by atoms with E-state index in [4.69, 9.17) is 18.9 Å². The molecule has 308 valence electrons. The molecule has 0 bridgehead atoms. The lowest BCUT2D eigenvalue weighted by molar-refractivity contribution is -0.302. The van der Waals surface area contributed by atoms with Crippen LogP contribution in [0.15, 0.2) is 41.5 Å². The first-order chi connectivity index (χ1) is 26.0. The van der Waals surface area contributed by atoms with Crippen molar-refractivity contribution in [1.82, 2.24) is 4.90 Å². The summed E-state index contributed by atoms with van der Waals surface area (Å²) >= 11 is 0. The number of likely N-dealkylation sites (tertiary alicyclic amines) is 1. The van der Waals surface area contributed by atoms with E-state index >= 15 is 0 Å². The third kappa shape index (κ3) is 12.3. The monoisotopic (exact) mass is 771 g/mol. The fourth-order valence-corrected chi connectivity index (χ4v) is 8.11. The van der Waals surface area contributed by atoms with E-state index in [1.165, 1.54) is 26.2 Å². The number of aliphatic hydroxyl groups is 2. The highest BCUT2D eigenvalue weighted by molar-refractivity contribution is 6.39. The number of phenols is 1. The molecule has 2 aliphatic rings. The molecule has 2 unspecified atom stereocenters. The molecule has 12 heteroatoms. The fourth-order valence-electron chi connectivity index (χ4n) is 8.11. The van der Waals surface area contributed by atoms with Gasteiger partial charge in [-0.2, -0.15) is 0 Å². The predicted molar refractivity (Wildman–Crippen MR) is 209 cm³/mol. The van der Waals surface area contributed by atoms with Crippen LogP contribution >= 0.6 is 0 Å². The second-order valence-corrected chi connectivity index (χ2v) is 15.9. The minimum Gasteiger partial charge on any atom is -0.508 e. The molecule has 0 aliphatic carbocycles. The number of Topliss-reactive ketones (excluding diaryl/α,β-unsaturated/α-hetero) is 2. The number of carbonyl (C=O) groups excluding carboxylic acids is 4. The Kier molecular flexibility index (Phi) is 17.7. The molecule has 1 amide bonds. The van der Waals surface area contributed by atoms with Gasteiger partial charge in [-0.05, 0) is 94.7 Å². The Balaban J connectivity index is 1.65. The van der Waals surface area contributed by atoms with Gasteiger partial charge in [0.15, 0.2) is 0 Å². The van der Waals surface area contributed by atoms with Gasteiger partial charge in [-0.15, -0.1) is 0 Å². The van der Waals surface area contributed by atoms with Crippen LogP contribution in [0.3, 0.4) is 0 Å². The van der Waals surface area contributed by atoms with Gasteiger partial charge in [0.05, 0.1) is 25.4 Å². The number of nitrogens with zero attached hydrogens (tertiary/aromatic N) is 1. The second-order valence-electron chi connectivity index (χ2n) is 15.9. The Hall–Kier alpha value is -3.42. The minimum absolute atomic E-state index is 0.0214. The second kappa shape index (κ2) is 21.2. The van der Waals surface area contributed by atoms with Crippen LogP contribution in [-0.4, -0.2) is 108 Å². The molecule has 55 heavy (non-hydrogen) atoms. The van der Waals surface area contributed by atoms with E-state index in [9.17, 15) is 34.5 Å². The quantitative estimate of drug-likeness (QED) is 0.0884. The van der Waals surface area contributed by atoms with Gasteiger partial charge < -0.3 is 39.2 Å².